The van der Waals surface area contributed by atoms with Crippen molar-refractivity contribution >= 4 is 28.8 Å². The molecule has 0 fully saturated rings. The molecular formula is C25H22ClFN4O2S. The second kappa shape index (κ2) is 10.3. The van der Waals surface area contributed by atoms with E-state index in [-0.39, 0.29) is 17.4 Å². The number of hydrogen-bond donors (Lipinski definition) is 2. The first-order chi connectivity index (χ1) is 16.4. The van der Waals surface area contributed by atoms with Crippen molar-refractivity contribution < 1.29 is 9.18 Å². The molecule has 2 aromatic carbocycles. The Morgan fingerprint density at radius 3 is 2.71 bits per heavy atom. The van der Waals surface area contributed by atoms with Gasteiger partial charge < -0.3 is 10.6 Å². The first-order valence-corrected chi connectivity index (χ1v) is 11.8. The van der Waals surface area contributed by atoms with Crippen LogP contribution in [0.25, 0.3) is 16.1 Å². The summed E-state index contributed by atoms with van der Waals surface area (Å²) in [7, 11) is 1.88. The molecule has 0 spiro atoms. The zero-order valence-electron chi connectivity index (χ0n) is 18.5. The van der Waals surface area contributed by atoms with Crippen LogP contribution in [0.4, 0.5) is 4.39 Å². The quantitative estimate of drug-likeness (QED) is 0.379. The third kappa shape index (κ3) is 5.09. The molecule has 0 aliphatic rings. The van der Waals surface area contributed by atoms with E-state index in [9.17, 15) is 14.0 Å². The highest BCUT2D eigenvalue weighted by molar-refractivity contribution is 7.15. The van der Waals surface area contributed by atoms with Gasteiger partial charge in [-0.3, -0.25) is 9.59 Å². The van der Waals surface area contributed by atoms with Crippen molar-refractivity contribution in [1.29, 1.82) is 0 Å². The third-order valence-corrected chi connectivity index (χ3v) is 6.75. The maximum atomic E-state index is 14.2. The Morgan fingerprint density at radius 2 is 1.94 bits per heavy atom. The van der Waals surface area contributed by atoms with Crippen molar-refractivity contribution in [3.63, 3.8) is 0 Å². The molecule has 0 bridgehead atoms. The number of amides is 1. The van der Waals surface area contributed by atoms with Gasteiger partial charge in [-0.2, -0.15) is 9.78 Å². The Labute approximate surface area is 205 Å². The van der Waals surface area contributed by atoms with Crippen molar-refractivity contribution in [1.82, 2.24) is 20.4 Å². The first-order valence-electron chi connectivity index (χ1n) is 10.6. The van der Waals surface area contributed by atoms with E-state index >= 15 is 0 Å². The van der Waals surface area contributed by atoms with Crippen LogP contribution in [0.1, 0.15) is 33.9 Å². The molecule has 0 unspecified atom stereocenters. The molecule has 4 rings (SSSR count). The van der Waals surface area contributed by atoms with Crippen LogP contribution in [-0.4, -0.2) is 22.7 Å². The molecule has 9 heteroatoms. The van der Waals surface area contributed by atoms with Gasteiger partial charge in [0, 0.05) is 27.4 Å². The monoisotopic (exact) mass is 496 g/mol. The molecule has 0 saturated heterocycles. The lowest BCUT2D eigenvalue weighted by Gasteiger charge is -2.13. The van der Waals surface area contributed by atoms with Crippen molar-refractivity contribution in [2.75, 3.05) is 7.05 Å². The molecule has 0 radical (unpaired) electrons. The number of para-hydroxylation sites is 1. The van der Waals surface area contributed by atoms with Gasteiger partial charge in [0.1, 0.15) is 17.2 Å². The molecule has 2 aromatic heterocycles. The molecule has 34 heavy (non-hydrogen) atoms. The van der Waals surface area contributed by atoms with Gasteiger partial charge in [0.15, 0.2) is 0 Å². The van der Waals surface area contributed by atoms with Crippen molar-refractivity contribution in [2.45, 2.75) is 19.5 Å². The number of benzene rings is 2. The number of thiophene rings is 1. The molecule has 4 aromatic rings. The molecular weight excluding hydrogens is 475 g/mol. The summed E-state index contributed by atoms with van der Waals surface area (Å²) in [4.78, 5) is 27.1. The summed E-state index contributed by atoms with van der Waals surface area (Å²) in [6.07, 6.45) is 0. The van der Waals surface area contributed by atoms with E-state index in [4.69, 9.17) is 11.6 Å². The summed E-state index contributed by atoms with van der Waals surface area (Å²) in [5.41, 5.74) is 1.63. The van der Waals surface area contributed by atoms with Crippen molar-refractivity contribution in [2.24, 2.45) is 0 Å². The fourth-order valence-electron chi connectivity index (χ4n) is 3.54. The van der Waals surface area contributed by atoms with Crippen LogP contribution in [0.2, 0.25) is 5.02 Å². The molecule has 174 valence electrons. The van der Waals surface area contributed by atoms with Gasteiger partial charge in [-0.1, -0.05) is 29.8 Å². The van der Waals surface area contributed by atoms with E-state index < -0.39 is 17.3 Å². The minimum atomic E-state index is -0.603. The lowest BCUT2D eigenvalue weighted by Crippen LogP contribution is -2.30. The Kier molecular flexibility index (Phi) is 7.21. The predicted molar refractivity (Wildman–Crippen MR) is 133 cm³/mol. The van der Waals surface area contributed by atoms with Gasteiger partial charge >= 0.3 is 0 Å². The van der Waals surface area contributed by atoms with Gasteiger partial charge in [0.25, 0.3) is 11.5 Å². The average Bonchev–Trinajstić information content (AvgIpc) is 3.30. The molecule has 1 amide bonds. The van der Waals surface area contributed by atoms with Crippen LogP contribution >= 0.6 is 22.9 Å². The number of hydrogen-bond acceptors (Lipinski definition) is 5. The zero-order valence-corrected chi connectivity index (χ0v) is 20.1. The summed E-state index contributed by atoms with van der Waals surface area (Å²) < 4.78 is 15.0. The topological polar surface area (TPSA) is 76.0 Å². The molecule has 0 saturated carbocycles. The van der Waals surface area contributed by atoms with Crippen LogP contribution in [-0.2, 0) is 6.54 Å². The Morgan fingerprint density at radius 1 is 1.15 bits per heavy atom. The molecule has 0 aliphatic carbocycles. The van der Waals surface area contributed by atoms with Crippen molar-refractivity contribution in [3.05, 3.63) is 104 Å². The number of halogens is 2. The fraction of sp³-hybridized carbons (Fsp3) is 0.160. The van der Waals surface area contributed by atoms with E-state index in [2.05, 4.69) is 15.7 Å². The van der Waals surface area contributed by atoms with Gasteiger partial charge in [-0.25, -0.2) is 4.39 Å². The highest BCUT2D eigenvalue weighted by atomic mass is 35.5. The predicted octanol–water partition coefficient (Wildman–Crippen LogP) is 4.96. The van der Waals surface area contributed by atoms with Gasteiger partial charge in [-0.05, 0) is 67.6 Å². The standard InChI is InChI=1S/C25H22ClFN4O2S/c1-15(22-10-11-23(34-22)18-8-7-17(26)13-16(18)14-28-2)29-25(33)20-9-12-24(32)31(30-20)21-6-4-3-5-19(21)27/h3-13,15,28H,14H2,1-2H3,(H,29,33)/t15-/m1/s1. The Balaban J connectivity index is 1.55. The normalized spacial score (nSPS) is 11.9. The van der Waals surface area contributed by atoms with Gasteiger partial charge in [0.05, 0.1) is 6.04 Å². The number of carbonyl (C=O) groups is 1. The van der Waals surface area contributed by atoms with Crippen LogP contribution in [0.5, 0.6) is 0 Å². The molecule has 2 N–H and O–H groups in total. The van der Waals surface area contributed by atoms with E-state index in [0.717, 1.165) is 25.6 Å². The first kappa shape index (κ1) is 23.8. The largest absolute Gasteiger partial charge is 0.343 e. The number of rotatable bonds is 7. The minimum absolute atomic E-state index is 0.0143. The van der Waals surface area contributed by atoms with Crippen molar-refractivity contribution in [3.8, 4) is 16.1 Å². The van der Waals surface area contributed by atoms with Crippen LogP contribution in [0.15, 0.2) is 71.5 Å². The lowest BCUT2D eigenvalue weighted by atomic mass is 10.1. The Bertz CT molecular complexity index is 1400. The second-order valence-corrected chi connectivity index (χ2v) is 9.20. The maximum absolute atomic E-state index is 14.2. The highest BCUT2D eigenvalue weighted by Crippen LogP contribution is 2.34. The van der Waals surface area contributed by atoms with Gasteiger partial charge in [-0.15, -0.1) is 11.3 Å². The average molecular weight is 497 g/mol. The Hall–Kier alpha value is -3.33. The smallest absolute Gasteiger partial charge is 0.272 e. The molecule has 1 atom stereocenters. The summed E-state index contributed by atoms with van der Waals surface area (Å²) >= 11 is 7.73. The number of nitrogens with zero attached hydrogens (tertiary/aromatic N) is 2. The molecule has 0 aliphatic heterocycles. The summed E-state index contributed by atoms with van der Waals surface area (Å²) in [6, 6.07) is 17.8. The van der Waals surface area contributed by atoms with Crippen LogP contribution in [0, 0.1) is 5.82 Å². The summed E-state index contributed by atoms with van der Waals surface area (Å²) in [6.45, 7) is 2.55. The fourth-order valence-corrected chi connectivity index (χ4v) is 4.81. The highest BCUT2D eigenvalue weighted by Gasteiger charge is 2.18. The molecule has 6 nitrogen and oxygen atoms in total. The zero-order chi connectivity index (χ0) is 24.2. The lowest BCUT2D eigenvalue weighted by molar-refractivity contribution is 0.0933. The second-order valence-electron chi connectivity index (χ2n) is 7.65. The van der Waals surface area contributed by atoms with E-state index in [0.29, 0.717) is 11.6 Å². The van der Waals surface area contributed by atoms with E-state index in [1.807, 2.05) is 44.3 Å². The number of nitrogens with one attached hydrogen (secondary N) is 2. The van der Waals surface area contributed by atoms with E-state index in [1.54, 1.807) is 17.4 Å². The van der Waals surface area contributed by atoms with E-state index in [1.165, 1.54) is 30.3 Å². The minimum Gasteiger partial charge on any atom is -0.343 e. The summed E-state index contributed by atoms with van der Waals surface area (Å²) in [5, 5.41) is 10.8. The van der Waals surface area contributed by atoms with Gasteiger partial charge in [0.2, 0.25) is 0 Å². The maximum Gasteiger partial charge on any atom is 0.272 e. The summed E-state index contributed by atoms with van der Waals surface area (Å²) in [5.74, 6) is -1.07. The third-order valence-electron chi connectivity index (χ3n) is 5.21. The van der Waals surface area contributed by atoms with Crippen LogP contribution < -0.4 is 16.2 Å². The number of aromatic nitrogens is 2. The SMILES string of the molecule is CNCc1cc(Cl)ccc1-c1ccc([C@@H](C)NC(=O)c2ccc(=O)n(-c3ccccc3F)n2)s1. The van der Waals surface area contributed by atoms with Crippen LogP contribution in [0.3, 0.4) is 0 Å². The molecule has 2 heterocycles. The number of carbonyl (C=O) groups excluding carboxylic acids is 1.